The molecular formula is C15H18N2O3S. The van der Waals surface area contributed by atoms with Crippen LogP contribution in [0.3, 0.4) is 0 Å². The van der Waals surface area contributed by atoms with Crippen LogP contribution in [-0.4, -0.2) is 40.4 Å². The lowest BCUT2D eigenvalue weighted by atomic mass is 9.94. The van der Waals surface area contributed by atoms with Crippen LogP contribution in [0.2, 0.25) is 0 Å². The van der Waals surface area contributed by atoms with Gasteiger partial charge < -0.3 is 10.4 Å². The van der Waals surface area contributed by atoms with E-state index in [0.29, 0.717) is 5.75 Å². The van der Waals surface area contributed by atoms with E-state index in [4.69, 9.17) is 5.11 Å². The summed E-state index contributed by atoms with van der Waals surface area (Å²) in [5, 5.41) is 12.6. The van der Waals surface area contributed by atoms with Gasteiger partial charge in [-0.15, -0.1) is 11.8 Å². The quantitative estimate of drug-likeness (QED) is 0.869. The molecule has 0 radical (unpaired) electrons. The predicted molar refractivity (Wildman–Crippen MR) is 83.7 cm³/mol. The van der Waals surface area contributed by atoms with Crippen molar-refractivity contribution in [3.8, 4) is 0 Å². The maximum absolute atomic E-state index is 12.1. The maximum atomic E-state index is 12.1. The number of carbonyl (C=O) groups is 2. The van der Waals surface area contributed by atoms with Gasteiger partial charge in [-0.05, 0) is 13.8 Å². The Kier molecular flexibility index (Phi) is 4.67. The van der Waals surface area contributed by atoms with E-state index >= 15 is 0 Å². The Morgan fingerprint density at radius 3 is 2.67 bits per heavy atom. The van der Waals surface area contributed by atoms with Gasteiger partial charge in [0.15, 0.2) is 0 Å². The number of carboxylic acid groups (broad SMARTS) is 1. The van der Waals surface area contributed by atoms with Crippen molar-refractivity contribution >= 4 is 28.7 Å². The Balaban J connectivity index is 1.96. The van der Waals surface area contributed by atoms with Crippen molar-refractivity contribution in [3.63, 3.8) is 0 Å². The predicted octanol–water partition coefficient (Wildman–Crippen LogP) is 1.78. The molecule has 0 aromatic heterocycles. The lowest BCUT2D eigenvalue weighted by molar-refractivity contribution is -0.146. The zero-order valence-electron chi connectivity index (χ0n) is 12.0. The van der Waals surface area contributed by atoms with Gasteiger partial charge in [-0.25, -0.2) is 0 Å². The number of thioether (sulfide) groups is 1. The molecule has 0 saturated heterocycles. The van der Waals surface area contributed by atoms with Crippen molar-refractivity contribution in [3.05, 3.63) is 35.9 Å². The standard InChI is InChI=1S/C15H18N2O3S/c1-15(2,14(19)20)9-16-12(18)11-8-21-13(17-11)10-6-4-3-5-7-10/h3-7,11H,8-9H2,1-2H3,(H,16,18)(H,19,20). The molecule has 0 aliphatic carbocycles. The van der Waals surface area contributed by atoms with E-state index in [9.17, 15) is 9.59 Å². The highest BCUT2D eigenvalue weighted by Gasteiger charge is 2.30. The van der Waals surface area contributed by atoms with Crippen LogP contribution in [0.25, 0.3) is 0 Å². The molecule has 1 aliphatic heterocycles. The SMILES string of the molecule is CC(C)(CNC(=O)C1CSC(c2ccccc2)=N1)C(=O)O. The normalized spacial score (nSPS) is 18.2. The molecule has 2 N–H and O–H groups in total. The van der Waals surface area contributed by atoms with Crippen LogP contribution in [0, 0.1) is 5.41 Å². The summed E-state index contributed by atoms with van der Waals surface area (Å²) in [5.41, 5.74) is 0.0246. The summed E-state index contributed by atoms with van der Waals surface area (Å²) in [6.45, 7) is 3.26. The Labute approximate surface area is 127 Å². The molecule has 21 heavy (non-hydrogen) atoms. The average molecular weight is 306 g/mol. The number of aliphatic carboxylic acids is 1. The van der Waals surface area contributed by atoms with E-state index in [1.54, 1.807) is 25.6 Å². The van der Waals surface area contributed by atoms with Gasteiger partial charge in [-0.1, -0.05) is 30.3 Å². The summed E-state index contributed by atoms with van der Waals surface area (Å²) < 4.78 is 0. The van der Waals surface area contributed by atoms with Crippen LogP contribution in [0.5, 0.6) is 0 Å². The number of nitrogens with one attached hydrogen (secondary N) is 1. The minimum atomic E-state index is -0.979. The summed E-state index contributed by atoms with van der Waals surface area (Å²) in [6, 6.07) is 9.26. The maximum Gasteiger partial charge on any atom is 0.310 e. The minimum absolute atomic E-state index is 0.0958. The van der Waals surface area contributed by atoms with Gasteiger partial charge in [0.1, 0.15) is 6.04 Å². The van der Waals surface area contributed by atoms with E-state index in [-0.39, 0.29) is 12.5 Å². The summed E-state index contributed by atoms with van der Waals surface area (Å²) in [4.78, 5) is 27.5. The highest BCUT2D eigenvalue weighted by Crippen LogP contribution is 2.23. The second-order valence-electron chi connectivity index (χ2n) is 5.53. The first kappa shape index (κ1) is 15.6. The van der Waals surface area contributed by atoms with E-state index in [0.717, 1.165) is 10.6 Å². The lowest BCUT2D eigenvalue weighted by Crippen LogP contribution is -2.42. The highest BCUT2D eigenvalue weighted by atomic mass is 32.2. The van der Waals surface area contributed by atoms with Crippen LogP contribution < -0.4 is 5.32 Å². The van der Waals surface area contributed by atoms with Gasteiger partial charge in [-0.2, -0.15) is 0 Å². The average Bonchev–Trinajstić information content (AvgIpc) is 2.95. The van der Waals surface area contributed by atoms with Gasteiger partial charge in [0, 0.05) is 17.9 Å². The van der Waals surface area contributed by atoms with Crippen LogP contribution >= 0.6 is 11.8 Å². The molecule has 0 saturated carbocycles. The van der Waals surface area contributed by atoms with Crippen molar-refractivity contribution in [2.24, 2.45) is 10.4 Å². The van der Waals surface area contributed by atoms with Crippen molar-refractivity contribution in [1.82, 2.24) is 5.32 Å². The third kappa shape index (κ3) is 3.85. The lowest BCUT2D eigenvalue weighted by Gasteiger charge is -2.20. The first-order valence-corrected chi connectivity index (χ1v) is 7.66. The fraction of sp³-hybridized carbons (Fsp3) is 0.400. The number of hydrogen-bond acceptors (Lipinski definition) is 4. The van der Waals surface area contributed by atoms with Gasteiger partial charge in [0.05, 0.1) is 10.5 Å². The number of amides is 1. The second kappa shape index (κ2) is 6.30. The zero-order valence-corrected chi connectivity index (χ0v) is 12.8. The Morgan fingerprint density at radius 1 is 1.38 bits per heavy atom. The number of rotatable bonds is 5. The molecular weight excluding hydrogens is 288 g/mol. The van der Waals surface area contributed by atoms with Crippen molar-refractivity contribution in [1.29, 1.82) is 0 Å². The molecule has 1 unspecified atom stereocenters. The molecule has 1 aromatic carbocycles. The summed E-state index contributed by atoms with van der Waals surface area (Å²) in [6.07, 6.45) is 0. The molecule has 0 spiro atoms. The van der Waals surface area contributed by atoms with Gasteiger partial charge in [-0.3, -0.25) is 14.6 Å². The molecule has 1 aliphatic rings. The molecule has 2 rings (SSSR count). The van der Waals surface area contributed by atoms with E-state index in [2.05, 4.69) is 10.3 Å². The second-order valence-corrected chi connectivity index (χ2v) is 6.54. The molecule has 1 heterocycles. The number of carboxylic acids is 1. The van der Waals surface area contributed by atoms with Crippen LogP contribution in [0.4, 0.5) is 0 Å². The zero-order chi connectivity index (χ0) is 15.5. The Hall–Kier alpha value is -1.82. The number of benzene rings is 1. The van der Waals surface area contributed by atoms with Gasteiger partial charge in [0.25, 0.3) is 0 Å². The Morgan fingerprint density at radius 2 is 2.05 bits per heavy atom. The third-order valence-corrected chi connectivity index (χ3v) is 4.35. The van der Waals surface area contributed by atoms with Gasteiger partial charge >= 0.3 is 5.97 Å². The number of carbonyl (C=O) groups excluding carboxylic acids is 1. The molecule has 5 nitrogen and oxygen atoms in total. The van der Waals surface area contributed by atoms with E-state index in [1.807, 2.05) is 30.3 Å². The topological polar surface area (TPSA) is 78.8 Å². The Bertz CT molecular complexity index is 570. The van der Waals surface area contributed by atoms with E-state index in [1.165, 1.54) is 0 Å². The van der Waals surface area contributed by atoms with Crippen molar-refractivity contribution in [2.45, 2.75) is 19.9 Å². The largest absolute Gasteiger partial charge is 0.481 e. The highest BCUT2D eigenvalue weighted by molar-refractivity contribution is 8.14. The molecule has 112 valence electrons. The van der Waals surface area contributed by atoms with Crippen LogP contribution in [0.15, 0.2) is 35.3 Å². The monoisotopic (exact) mass is 306 g/mol. The molecule has 0 fully saturated rings. The number of aliphatic imine (C=N–C) groups is 1. The molecule has 1 amide bonds. The van der Waals surface area contributed by atoms with Crippen LogP contribution in [0.1, 0.15) is 19.4 Å². The molecule has 1 aromatic rings. The molecule has 1 atom stereocenters. The molecule has 0 bridgehead atoms. The summed E-state index contributed by atoms with van der Waals surface area (Å²) in [7, 11) is 0. The minimum Gasteiger partial charge on any atom is -0.481 e. The first-order valence-electron chi connectivity index (χ1n) is 6.67. The van der Waals surface area contributed by atoms with Crippen molar-refractivity contribution in [2.75, 3.05) is 12.3 Å². The smallest absolute Gasteiger partial charge is 0.310 e. The fourth-order valence-electron chi connectivity index (χ4n) is 1.75. The summed E-state index contributed by atoms with van der Waals surface area (Å²) >= 11 is 1.54. The first-order chi connectivity index (χ1) is 9.90. The third-order valence-electron chi connectivity index (χ3n) is 3.26. The number of hydrogen-bond donors (Lipinski definition) is 2. The fourth-order valence-corrected chi connectivity index (χ4v) is 2.79. The summed E-state index contributed by atoms with van der Waals surface area (Å²) in [5.74, 6) is -0.566. The van der Waals surface area contributed by atoms with Gasteiger partial charge in [0.2, 0.25) is 5.91 Å². The number of nitrogens with zero attached hydrogens (tertiary/aromatic N) is 1. The molecule has 6 heteroatoms. The van der Waals surface area contributed by atoms with Crippen LogP contribution in [-0.2, 0) is 9.59 Å². The van der Waals surface area contributed by atoms with Crippen molar-refractivity contribution < 1.29 is 14.7 Å². The van der Waals surface area contributed by atoms with E-state index < -0.39 is 17.4 Å².